The van der Waals surface area contributed by atoms with E-state index in [1.165, 1.54) is 27.6 Å². The van der Waals surface area contributed by atoms with Crippen LogP contribution in [0, 0.1) is 0 Å². The van der Waals surface area contributed by atoms with Crippen molar-refractivity contribution in [1.29, 1.82) is 0 Å². The number of nitrogens with zero attached hydrogens (tertiary/aromatic N) is 2. The van der Waals surface area contributed by atoms with Crippen molar-refractivity contribution in [1.82, 2.24) is 9.88 Å². The minimum atomic E-state index is 0. The van der Waals surface area contributed by atoms with E-state index in [0.29, 0.717) is 11.5 Å². The molecule has 1 aliphatic heterocycles. The molecule has 3 aromatic carbocycles. The first-order valence-electron chi connectivity index (χ1n) is 13.1. The number of piperidine rings is 1. The number of carbonyl (C=O) groups excluding carboxylic acids is 1. The summed E-state index contributed by atoms with van der Waals surface area (Å²) in [6.07, 6.45) is 4.68. The monoisotopic (exact) mass is 623 g/mol. The summed E-state index contributed by atoms with van der Waals surface area (Å²) in [4.78, 5) is 14.9. The molecule has 0 saturated carbocycles. The Bertz CT molecular complexity index is 1360. The number of nitrogens with one attached hydrogen (secondary N) is 1. The van der Waals surface area contributed by atoms with Crippen molar-refractivity contribution in [2.45, 2.75) is 51.5 Å². The third-order valence-corrected chi connectivity index (χ3v) is 7.56. The number of rotatable bonds is 5. The molecule has 2 heterocycles. The number of hydrogen-bond acceptors (Lipinski definition) is 2. The lowest BCUT2D eigenvalue weighted by molar-refractivity contribution is 0.0993. The Kier molecular flexibility index (Phi) is 13.6. The third-order valence-electron chi connectivity index (χ3n) is 7.56. The van der Waals surface area contributed by atoms with Gasteiger partial charge in [0.25, 0.3) is 5.91 Å². The van der Waals surface area contributed by atoms with E-state index in [-0.39, 0.29) is 61.0 Å². The molecule has 0 aliphatic carbocycles. The smallest absolute Gasteiger partial charge is 0.258 e. The molecule has 8 heteroatoms. The molecule has 40 heavy (non-hydrogen) atoms. The van der Waals surface area contributed by atoms with E-state index in [0.717, 1.165) is 38.2 Å². The molecule has 5 rings (SSSR count). The number of fused-ring (bicyclic) bond motifs is 1. The molecule has 4 aromatic rings. The zero-order chi connectivity index (χ0) is 25.3. The highest BCUT2D eigenvalue weighted by atomic mass is 35.5. The van der Waals surface area contributed by atoms with Gasteiger partial charge in [-0.1, -0.05) is 69.3 Å². The van der Waals surface area contributed by atoms with E-state index in [1.54, 1.807) is 4.90 Å². The molecule has 1 amide bonds. The summed E-state index contributed by atoms with van der Waals surface area (Å²) in [6, 6.07) is 25.0. The minimum absolute atomic E-state index is 0. The maximum Gasteiger partial charge on any atom is 0.258 e. The molecule has 1 aliphatic rings. The Balaban J connectivity index is 0.00000200. The van der Waals surface area contributed by atoms with E-state index in [1.807, 2.05) is 37.4 Å². The summed E-state index contributed by atoms with van der Waals surface area (Å²) in [5, 5.41) is 4.80. The van der Waals surface area contributed by atoms with Gasteiger partial charge in [0.1, 0.15) is 0 Å². The maximum atomic E-state index is 13.1. The molecule has 0 atom stereocenters. The Labute approximate surface area is 263 Å². The van der Waals surface area contributed by atoms with Crippen LogP contribution in [0.1, 0.15) is 66.6 Å². The lowest BCUT2D eigenvalue weighted by Gasteiger charge is -2.22. The van der Waals surface area contributed by atoms with Gasteiger partial charge in [0.2, 0.25) is 0 Å². The molecule has 218 valence electrons. The Hall–Kier alpha value is -2.21. The fraction of sp³-hybridized carbons (Fsp3) is 0.344. The Morgan fingerprint density at radius 1 is 0.900 bits per heavy atom. The van der Waals surface area contributed by atoms with E-state index in [9.17, 15) is 4.79 Å². The van der Waals surface area contributed by atoms with Crippen molar-refractivity contribution in [3.63, 3.8) is 0 Å². The predicted molar refractivity (Wildman–Crippen MR) is 179 cm³/mol. The van der Waals surface area contributed by atoms with Crippen LogP contribution in [0.4, 0.5) is 5.69 Å². The van der Waals surface area contributed by atoms with Crippen molar-refractivity contribution in [2.24, 2.45) is 0 Å². The summed E-state index contributed by atoms with van der Waals surface area (Å²) >= 11 is 0. The second kappa shape index (κ2) is 15.1. The van der Waals surface area contributed by atoms with Crippen LogP contribution in [0.2, 0.25) is 0 Å². The highest BCUT2D eigenvalue weighted by Crippen LogP contribution is 2.35. The standard InChI is InChI=1S/C32H37N3O.4ClH/c1-32(2,3)26-12-10-23(11-13-26)21-35-22-29(24-16-18-33-19-17-24)28-15-14-27(20-30(28)35)34(4)31(36)25-8-6-5-7-9-25;;;;/h5-15,20,22,24,33H,16-19,21H2,1-4H3;4*1H. The largest absolute Gasteiger partial charge is 0.343 e. The van der Waals surface area contributed by atoms with E-state index in [2.05, 4.69) is 79.3 Å². The van der Waals surface area contributed by atoms with Crippen molar-refractivity contribution in [3.8, 4) is 0 Å². The van der Waals surface area contributed by atoms with Crippen LogP contribution in [-0.2, 0) is 12.0 Å². The number of halogens is 4. The normalized spacial score (nSPS) is 13.3. The van der Waals surface area contributed by atoms with E-state index in [4.69, 9.17) is 0 Å². The lowest BCUT2D eigenvalue weighted by atomic mass is 9.87. The van der Waals surface area contributed by atoms with Crippen LogP contribution in [-0.4, -0.2) is 30.6 Å². The second-order valence-corrected chi connectivity index (χ2v) is 11.1. The molecule has 1 aromatic heterocycles. The van der Waals surface area contributed by atoms with Gasteiger partial charge in [0.15, 0.2) is 0 Å². The zero-order valence-electron chi connectivity index (χ0n) is 23.6. The summed E-state index contributed by atoms with van der Waals surface area (Å²) < 4.78 is 2.38. The molecule has 0 unspecified atom stereocenters. The average molecular weight is 626 g/mol. The minimum Gasteiger partial charge on any atom is -0.343 e. The molecular weight excluding hydrogens is 584 g/mol. The third kappa shape index (κ3) is 7.74. The number of aromatic nitrogens is 1. The van der Waals surface area contributed by atoms with Gasteiger partial charge in [-0.2, -0.15) is 0 Å². The van der Waals surface area contributed by atoms with Crippen LogP contribution in [0.25, 0.3) is 10.9 Å². The molecule has 0 bridgehead atoms. The summed E-state index contributed by atoms with van der Waals surface area (Å²) in [5.41, 5.74) is 7.01. The maximum absolute atomic E-state index is 13.1. The van der Waals surface area contributed by atoms with Gasteiger partial charge in [-0.25, -0.2) is 0 Å². The highest BCUT2D eigenvalue weighted by Gasteiger charge is 2.22. The Morgan fingerprint density at radius 2 is 1.52 bits per heavy atom. The first kappa shape index (κ1) is 35.8. The van der Waals surface area contributed by atoms with Crippen LogP contribution >= 0.6 is 49.6 Å². The van der Waals surface area contributed by atoms with Crippen LogP contribution in [0.5, 0.6) is 0 Å². The average Bonchev–Trinajstić information content (AvgIpc) is 3.26. The van der Waals surface area contributed by atoms with Crippen LogP contribution < -0.4 is 10.2 Å². The number of hydrogen-bond donors (Lipinski definition) is 1. The molecular formula is C32H41Cl4N3O. The van der Waals surface area contributed by atoms with Crippen molar-refractivity contribution in [3.05, 3.63) is 101 Å². The summed E-state index contributed by atoms with van der Waals surface area (Å²) in [7, 11) is 1.86. The molecule has 0 spiro atoms. The van der Waals surface area contributed by atoms with Crippen LogP contribution in [0.15, 0.2) is 79.0 Å². The van der Waals surface area contributed by atoms with Crippen molar-refractivity contribution in [2.75, 3.05) is 25.0 Å². The first-order chi connectivity index (χ1) is 17.3. The second-order valence-electron chi connectivity index (χ2n) is 11.1. The number of anilines is 1. The zero-order valence-corrected chi connectivity index (χ0v) is 26.8. The van der Waals surface area contributed by atoms with Crippen molar-refractivity contribution < 1.29 is 4.79 Å². The van der Waals surface area contributed by atoms with E-state index >= 15 is 0 Å². The van der Waals surface area contributed by atoms with Gasteiger partial charge in [0, 0.05) is 36.4 Å². The lowest BCUT2D eigenvalue weighted by Crippen LogP contribution is -2.26. The topological polar surface area (TPSA) is 37.3 Å². The van der Waals surface area contributed by atoms with Gasteiger partial charge >= 0.3 is 0 Å². The molecule has 1 fully saturated rings. The SMILES string of the molecule is CN(C(=O)c1ccccc1)c1ccc2c(C3CCNCC3)cn(Cc3ccc(C(C)(C)C)cc3)c2c1.Cl.Cl.Cl.Cl. The quantitative estimate of drug-likeness (QED) is 0.242. The van der Waals surface area contributed by atoms with Gasteiger partial charge in [-0.15, -0.1) is 49.6 Å². The van der Waals surface area contributed by atoms with Gasteiger partial charge in [-0.3, -0.25) is 4.79 Å². The van der Waals surface area contributed by atoms with E-state index < -0.39 is 0 Å². The summed E-state index contributed by atoms with van der Waals surface area (Å²) in [6.45, 7) is 9.70. The van der Waals surface area contributed by atoms with Crippen LogP contribution in [0.3, 0.4) is 0 Å². The summed E-state index contributed by atoms with van der Waals surface area (Å²) in [5.74, 6) is 0.567. The number of carbonyl (C=O) groups is 1. The first-order valence-corrected chi connectivity index (χ1v) is 13.1. The van der Waals surface area contributed by atoms with Crippen molar-refractivity contribution >= 4 is 72.1 Å². The van der Waals surface area contributed by atoms with Gasteiger partial charge in [-0.05, 0) is 78.2 Å². The van der Waals surface area contributed by atoms with Gasteiger partial charge in [0.05, 0.1) is 5.52 Å². The predicted octanol–water partition coefficient (Wildman–Crippen LogP) is 8.42. The Morgan fingerprint density at radius 3 is 2.12 bits per heavy atom. The number of benzene rings is 3. The molecule has 0 radical (unpaired) electrons. The fourth-order valence-corrected chi connectivity index (χ4v) is 5.30. The van der Waals surface area contributed by atoms with Gasteiger partial charge < -0.3 is 14.8 Å². The fourth-order valence-electron chi connectivity index (χ4n) is 5.30. The molecule has 1 N–H and O–H groups in total. The molecule has 4 nitrogen and oxygen atoms in total. The molecule has 1 saturated heterocycles. The number of amides is 1. The highest BCUT2D eigenvalue weighted by molar-refractivity contribution is 6.06.